The summed E-state index contributed by atoms with van der Waals surface area (Å²) in [5, 5.41) is 1.85. The molecule has 3 aromatic rings. The van der Waals surface area contributed by atoms with Crippen LogP contribution in [0.4, 0.5) is 0 Å². The van der Waals surface area contributed by atoms with E-state index in [1.165, 1.54) is 11.8 Å². The van der Waals surface area contributed by atoms with Crippen LogP contribution in [0, 0.1) is 0 Å². The quantitative estimate of drug-likeness (QED) is 0.408. The predicted octanol–water partition coefficient (Wildman–Crippen LogP) is 4.68. The number of thioether (sulfide) groups is 1. The number of aromatic nitrogens is 2. The van der Waals surface area contributed by atoms with Crippen molar-refractivity contribution in [3.8, 4) is 11.5 Å². The van der Waals surface area contributed by atoms with E-state index in [1.54, 1.807) is 4.57 Å². The molecule has 0 spiro atoms. The Hall–Kier alpha value is -2.22. The molecule has 1 fully saturated rings. The fraction of sp³-hybridized carbons (Fsp3) is 0.391. The van der Waals surface area contributed by atoms with Gasteiger partial charge in [0.25, 0.3) is 5.56 Å². The van der Waals surface area contributed by atoms with E-state index in [1.807, 2.05) is 36.4 Å². The molecule has 31 heavy (non-hydrogen) atoms. The van der Waals surface area contributed by atoms with Crippen molar-refractivity contribution in [2.45, 2.75) is 42.8 Å². The second-order valence-corrected chi connectivity index (χ2v) is 9.06. The number of para-hydroxylation sites is 1. The molecule has 1 unspecified atom stereocenters. The van der Waals surface area contributed by atoms with Gasteiger partial charge in [-0.3, -0.25) is 9.36 Å². The Bertz CT molecular complexity index is 1160. The Morgan fingerprint density at radius 1 is 1.13 bits per heavy atom. The van der Waals surface area contributed by atoms with Gasteiger partial charge >= 0.3 is 0 Å². The average molecular weight is 459 g/mol. The van der Waals surface area contributed by atoms with Crippen molar-refractivity contribution in [3.63, 3.8) is 0 Å². The molecule has 8 heteroatoms. The molecule has 6 nitrogen and oxygen atoms in total. The van der Waals surface area contributed by atoms with Crippen LogP contribution in [0.2, 0.25) is 5.02 Å². The van der Waals surface area contributed by atoms with Gasteiger partial charge in [0, 0.05) is 18.8 Å². The maximum Gasteiger partial charge on any atom is 0.262 e. The highest BCUT2D eigenvalue weighted by Crippen LogP contribution is 2.39. The van der Waals surface area contributed by atoms with Gasteiger partial charge in [-0.25, -0.2) is 4.98 Å². The monoisotopic (exact) mass is 458 g/mol. The molecule has 0 saturated carbocycles. The number of hydrogen-bond donors (Lipinski definition) is 0. The molecule has 162 valence electrons. The molecule has 0 radical (unpaired) electrons. The number of fused-ring (bicyclic) bond motifs is 2. The zero-order chi connectivity index (χ0) is 21.2. The molecule has 2 aromatic carbocycles. The summed E-state index contributed by atoms with van der Waals surface area (Å²) in [5.74, 6) is 1.88. The summed E-state index contributed by atoms with van der Waals surface area (Å²) in [5.41, 5.74) is 1.67. The van der Waals surface area contributed by atoms with E-state index in [0.29, 0.717) is 58.1 Å². The van der Waals surface area contributed by atoms with Crippen LogP contribution in [-0.2, 0) is 17.0 Å². The highest BCUT2D eigenvalue weighted by Gasteiger charge is 2.21. The first-order valence-electron chi connectivity index (χ1n) is 10.5. The predicted molar refractivity (Wildman–Crippen MR) is 122 cm³/mol. The highest BCUT2D eigenvalue weighted by atomic mass is 35.5. The van der Waals surface area contributed by atoms with Crippen molar-refractivity contribution < 1.29 is 14.2 Å². The lowest BCUT2D eigenvalue weighted by Gasteiger charge is -2.17. The molecule has 0 bridgehead atoms. The molecule has 2 aliphatic heterocycles. The molecule has 0 N–H and O–H groups in total. The number of ether oxygens (including phenoxy) is 3. The molecule has 3 heterocycles. The molecular weight excluding hydrogens is 436 g/mol. The summed E-state index contributed by atoms with van der Waals surface area (Å²) < 4.78 is 19.1. The maximum absolute atomic E-state index is 13.2. The van der Waals surface area contributed by atoms with Crippen molar-refractivity contribution in [2.75, 3.05) is 19.8 Å². The van der Waals surface area contributed by atoms with E-state index >= 15 is 0 Å². The van der Waals surface area contributed by atoms with Gasteiger partial charge in [0.2, 0.25) is 0 Å². The van der Waals surface area contributed by atoms with E-state index in [2.05, 4.69) is 0 Å². The van der Waals surface area contributed by atoms with Crippen LogP contribution in [0.25, 0.3) is 10.9 Å². The van der Waals surface area contributed by atoms with E-state index < -0.39 is 0 Å². The van der Waals surface area contributed by atoms with Gasteiger partial charge in [-0.05, 0) is 42.7 Å². The Balaban J connectivity index is 1.46. The summed E-state index contributed by atoms with van der Waals surface area (Å²) >= 11 is 7.97. The minimum Gasteiger partial charge on any atom is -0.489 e. The standard InChI is InChI=1S/C23H23ClN2O4S/c24-18-11-15(12-20-21(18)30-10-4-9-29-20)14-31-23-25-19-7-2-1-6-17(19)22(27)26(23)13-16-5-3-8-28-16/h1-2,6-7,11-12,16H,3-5,8-10,13-14H2. The lowest BCUT2D eigenvalue weighted by molar-refractivity contribution is 0.0937. The highest BCUT2D eigenvalue weighted by molar-refractivity contribution is 7.98. The largest absolute Gasteiger partial charge is 0.489 e. The van der Waals surface area contributed by atoms with Crippen LogP contribution < -0.4 is 15.0 Å². The number of halogens is 1. The first-order valence-corrected chi connectivity index (χ1v) is 11.9. The Morgan fingerprint density at radius 2 is 2.00 bits per heavy atom. The van der Waals surface area contributed by atoms with Gasteiger partial charge < -0.3 is 14.2 Å². The average Bonchev–Trinajstić information content (AvgIpc) is 3.17. The van der Waals surface area contributed by atoms with Gasteiger partial charge in [-0.1, -0.05) is 35.5 Å². The molecule has 1 saturated heterocycles. The fourth-order valence-electron chi connectivity index (χ4n) is 3.93. The molecule has 0 aliphatic carbocycles. The van der Waals surface area contributed by atoms with Gasteiger partial charge in [0.05, 0.1) is 41.8 Å². The molecule has 2 aliphatic rings. The zero-order valence-corrected chi connectivity index (χ0v) is 18.6. The van der Waals surface area contributed by atoms with Gasteiger partial charge in [-0.15, -0.1) is 0 Å². The topological polar surface area (TPSA) is 62.6 Å². The van der Waals surface area contributed by atoms with E-state index in [9.17, 15) is 4.79 Å². The number of nitrogens with zero attached hydrogens (tertiary/aromatic N) is 2. The minimum atomic E-state index is -0.0275. The van der Waals surface area contributed by atoms with Crippen LogP contribution in [0.3, 0.4) is 0 Å². The van der Waals surface area contributed by atoms with Crippen molar-refractivity contribution in [2.24, 2.45) is 0 Å². The fourth-order valence-corrected chi connectivity index (χ4v) is 5.15. The van der Waals surface area contributed by atoms with E-state index in [0.717, 1.165) is 31.4 Å². The van der Waals surface area contributed by atoms with Gasteiger partial charge in [-0.2, -0.15) is 0 Å². The zero-order valence-electron chi connectivity index (χ0n) is 17.0. The van der Waals surface area contributed by atoms with Crippen LogP contribution >= 0.6 is 23.4 Å². The molecule has 5 rings (SSSR count). The maximum atomic E-state index is 13.2. The summed E-state index contributed by atoms with van der Waals surface area (Å²) in [6.45, 7) is 2.46. The van der Waals surface area contributed by atoms with Crippen molar-refractivity contribution in [3.05, 3.63) is 57.3 Å². The molecule has 1 aromatic heterocycles. The van der Waals surface area contributed by atoms with E-state index in [-0.39, 0.29) is 11.7 Å². The second kappa shape index (κ2) is 9.10. The van der Waals surface area contributed by atoms with Gasteiger partial charge in [0.15, 0.2) is 16.7 Å². The summed E-state index contributed by atoms with van der Waals surface area (Å²) in [4.78, 5) is 18.0. The third-order valence-electron chi connectivity index (χ3n) is 5.47. The minimum absolute atomic E-state index is 0.0275. The van der Waals surface area contributed by atoms with Gasteiger partial charge in [0.1, 0.15) is 0 Å². The normalized spacial score (nSPS) is 18.3. The van der Waals surface area contributed by atoms with Crippen molar-refractivity contribution in [1.82, 2.24) is 9.55 Å². The van der Waals surface area contributed by atoms with Crippen LogP contribution in [-0.4, -0.2) is 35.5 Å². The SMILES string of the molecule is O=c1c2ccccc2nc(SCc2cc(Cl)c3c(c2)OCCCO3)n1CC1CCCO1. The lowest BCUT2D eigenvalue weighted by atomic mass is 10.2. The van der Waals surface area contributed by atoms with Crippen molar-refractivity contribution in [1.29, 1.82) is 0 Å². The Kier molecular flexibility index (Phi) is 6.07. The molecule has 1 atom stereocenters. The van der Waals surface area contributed by atoms with Crippen LogP contribution in [0.1, 0.15) is 24.8 Å². The van der Waals surface area contributed by atoms with Crippen molar-refractivity contribution >= 4 is 34.3 Å². The number of rotatable bonds is 5. The third kappa shape index (κ3) is 4.40. The smallest absolute Gasteiger partial charge is 0.262 e. The first-order chi connectivity index (χ1) is 15.2. The lowest BCUT2D eigenvalue weighted by Crippen LogP contribution is -2.28. The summed E-state index contributed by atoms with van der Waals surface area (Å²) in [6, 6.07) is 11.3. The second-order valence-electron chi connectivity index (χ2n) is 7.71. The molecular formula is C23H23ClN2O4S. The summed E-state index contributed by atoms with van der Waals surface area (Å²) in [6.07, 6.45) is 2.86. The first kappa shape index (κ1) is 20.7. The van der Waals surface area contributed by atoms with E-state index in [4.69, 9.17) is 30.8 Å². The third-order valence-corrected chi connectivity index (χ3v) is 6.79. The summed E-state index contributed by atoms with van der Waals surface area (Å²) in [7, 11) is 0. The van der Waals surface area contributed by atoms with Crippen LogP contribution in [0.5, 0.6) is 11.5 Å². The van der Waals surface area contributed by atoms with Crippen LogP contribution in [0.15, 0.2) is 46.3 Å². The number of benzene rings is 2. The Morgan fingerprint density at radius 3 is 2.87 bits per heavy atom. The Labute approximate surface area is 189 Å². The molecule has 0 amide bonds. The number of hydrogen-bond acceptors (Lipinski definition) is 6.